The van der Waals surface area contributed by atoms with Crippen molar-refractivity contribution in [3.63, 3.8) is 0 Å². The fraction of sp³-hybridized carbons (Fsp3) is 0.250. The zero-order valence-electron chi connectivity index (χ0n) is 16.2. The number of hydrogen-bond donors (Lipinski definition) is 1. The van der Waals surface area contributed by atoms with E-state index in [4.69, 9.17) is 4.74 Å². The van der Waals surface area contributed by atoms with Crippen LogP contribution < -0.4 is 10.1 Å². The summed E-state index contributed by atoms with van der Waals surface area (Å²) in [6.45, 7) is 3.89. The highest BCUT2D eigenvalue weighted by Gasteiger charge is 2.28. The minimum atomic E-state index is -0.610. The maximum absolute atomic E-state index is 13.0. The predicted octanol–water partition coefficient (Wildman–Crippen LogP) is 3.79. The third-order valence-electron chi connectivity index (χ3n) is 4.43. The number of benzene rings is 2. The van der Waals surface area contributed by atoms with E-state index in [0.29, 0.717) is 11.0 Å². The molecule has 2 heterocycles. The lowest BCUT2D eigenvalue weighted by Crippen LogP contribution is -2.31. The van der Waals surface area contributed by atoms with Crippen molar-refractivity contribution >= 4 is 32.6 Å². The number of amides is 1. The van der Waals surface area contributed by atoms with Gasteiger partial charge in [-0.15, -0.1) is 10.2 Å². The highest BCUT2D eigenvalue weighted by atomic mass is 32.1. The maximum Gasteiger partial charge on any atom is 0.253 e. The smallest absolute Gasteiger partial charge is 0.253 e. The van der Waals surface area contributed by atoms with Crippen LogP contribution in [0.25, 0.3) is 21.6 Å². The van der Waals surface area contributed by atoms with Crippen molar-refractivity contribution < 1.29 is 9.53 Å². The molecule has 2 aromatic carbocycles. The molecule has 148 valence electrons. The molecule has 4 aromatic rings. The Kier molecular flexibility index (Phi) is 5.22. The number of aromatic nitrogens is 5. The molecule has 1 N–H and O–H groups in total. The summed E-state index contributed by atoms with van der Waals surface area (Å²) in [5.41, 5.74) is 1.65. The van der Waals surface area contributed by atoms with Gasteiger partial charge >= 0.3 is 0 Å². The van der Waals surface area contributed by atoms with E-state index >= 15 is 0 Å². The van der Waals surface area contributed by atoms with Gasteiger partial charge in [0.25, 0.3) is 5.91 Å². The molecule has 1 amide bonds. The van der Waals surface area contributed by atoms with Gasteiger partial charge in [-0.25, -0.2) is 4.98 Å². The molecular formula is C20H20N6O2S. The third kappa shape index (κ3) is 3.95. The Labute approximate surface area is 171 Å². The molecule has 9 heteroatoms. The molecule has 1 atom stereocenters. The molecule has 4 rings (SSSR count). The second-order valence-corrected chi connectivity index (χ2v) is 7.86. The van der Waals surface area contributed by atoms with Crippen molar-refractivity contribution in [1.82, 2.24) is 25.2 Å². The molecule has 0 aliphatic rings. The monoisotopic (exact) mass is 408 g/mol. The summed E-state index contributed by atoms with van der Waals surface area (Å²) in [6.07, 6.45) is 0. The van der Waals surface area contributed by atoms with Crippen LogP contribution in [-0.2, 0) is 4.79 Å². The van der Waals surface area contributed by atoms with Crippen molar-refractivity contribution in [2.75, 3.05) is 12.4 Å². The second kappa shape index (κ2) is 7.96. The third-order valence-corrected chi connectivity index (χ3v) is 5.37. The number of methoxy groups -OCH3 is 1. The summed E-state index contributed by atoms with van der Waals surface area (Å²) in [4.78, 5) is 18.9. The van der Waals surface area contributed by atoms with Gasteiger partial charge in [-0.3, -0.25) is 10.1 Å². The van der Waals surface area contributed by atoms with Crippen LogP contribution in [0.2, 0.25) is 0 Å². The van der Waals surface area contributed by atoms with Crippen LogP contribution in [0.5, 0.6) is 5.75 Å². The van der Waals surface area contributed by atoms with Gasteiger partial charge in [0.15, 0.2) is 11.2 Å². The van der Waals surface area contributed by atoms with Gasteiger partial charge in [-0.2, -0.15) is 4.80 Å². The van der Waals surface area contributed by atoms with E-state index in [2.05, 4.69) is 25.7 Å². The van der Waals surface area contributed by atoms with E-state index in [0.717, 1.165) is 21.5 Å². The van der Waals surface area contributed by atoms with Gasteiger partial charge in [-0.05, 0) is 29.3 Å². The first kappa shape index (κ1) is 19.0. The van der Waals surface area contributed by atoms with Crippen molar-refractivity contribution in [1.29, 1.82) is 0 Å². The Balaban J connectivity index is 1.57. The number of anilines is 1. The first-order chi connectivity index (χ1) is 14.0. The number of fused-ring (bicyclic) bond motifs is 1. The number of hydrogen-bond acceptors (Lipinski definition) is 7. The van der Waals surface area contributed by atoms with Crippen LogP contribution >= 0.6 is 11.3 Å². The number of nitrogens with one attached hydrogen (secondary N) is 1. The van der Waals surface area contributed by atoms with E-state index in [-0.39, 0.29) is 11.8 Å². The van der Waals surface area contributed by atoms with Crippen LogP contribution in [0.3, 0.4) is 0 Å². The van der Waals surface area contributed by atoms with Crippen LogP contribution in [0.15, 0.2) is 48.5 Å². The summed E-state index contributed by atoms with van der Waals surface area (Å²) in [5.74, 6) is 0.959. The molecule has 2 aromatic heterocycles. The molecule has 0 bridgehead atoms. The van der Waals surface area contributed by atoms with E-state index in [9.17, 15) is 4.79 Å². The SMILES string of the molecule is COc1ccc2nc(NC(=O)C(C(C)C)n3nnc(-c4ccccc4)n3)sc2c1. The van der Waals surface area contributed by atoms with E-state index in [1.807, 2.05) is 62.4 Å². The van der Waals surface area contributed by atoms with Crippen LogP contribution in [0.4, 0.5) is 5.13 Å². The lowest BCUT2D eigenvalue weighted by atomic mass is 10.0. The normalized spacial score (nSPS) is 12.3. The van der Waals surface area contributed by atoms with Gasteiger partial charge in [0.2, 0.25) is 5.82 Å². The van der Waals surface area contributed by atoms with Gasteiger partial charge in [0.1, 0.15) is 5.75 Å². The largest absolute Gasteiger partial charge is 0.497 e. The van der Waals surface area contributed by atoms with Crippen molar-refractivity contribution in [3.05, 3.63) is 48.5 Å². The highest BCUT2D eigenvalue weighted by Crippen LogP contribution is 2.30. The molecule has 0 aliphatic heterocycles. The fourth-order valence-corrected chi connectivity index (χ4v) is 3.88. The maximum atomic E-state index is 13.0. The lowest BCUT2D eigenvalue weighted by Gasteiger charge is -2.17. The van der Waals surface area contributed by atoms with Crippen LogP contribution in [-0.4, -0.2) is 38.2 Å². The molecule has 0 saturated carbocycles. The standard InChI is InChI=1S/C20H20N6O2S/c1-12(2)17(26-24-18(23-25-26)13-7-5-4-6-8-13)19(27)22-20-21-15-10-9-14(28-3)11-16(15)29-20/h4-12,17H,1-3H3,(H,21,22,27). The number of carbonyl (C=O) groups excluding carboxylic acids is 1. The Morgan fingerprint density at radius 3 is 2.69 bits per heavy atom. The molecule has 0 aliphatic carbocycles. The molecule has 0 spiro atoms. The van der Waals surface area contributed by atoms with Crippen LogP contribution in [0.1, 0.15) is 19.9 Å². The Morgan fingerprint density at radius 2 is 1.97 bits per heavy atom. The van der Waals surface area contributed by atoms with Crippen LogP contribution in [0, 0.1) is 5.92 Å². The van der Waals surface area contributed by atoms with E-state index < -0.39 is 6.04 Å². The van der Waals surface area contributed by atoms with Gasteiger partial charge in [-0.1, -0.05) is 55.5 Å². The fourth-order valence-electron chi connectivity index (χ4n) is 2.98. The molecule has 0 radical (unpaired) electrons. The lowest BCUT2D eigenvalue weighted by molar-refractivity contribution is -0.121. The summed E-state index contributed by atoms with van der Waals surface area (Å²) >= 11 is 1.39. The van der Waals surface area contributed by atoms with E-state index in [1.54, 1.807) is 7.11 Å². The first-order valence-electron chi connectivity index (χ1n) is 9.15. The van der Waals surface area contributed by atoms with Gasteiger partial charge in [0, 0.05) is 5.56 Å². The van der Waals surface area contributed by atoms with E-state index in [1.165, 1.54) is 16.1 Å². The zero-order chi connectivity index (χ0) is 20.4. The molecule has 8 nitrogen and oxygen atoms in total. The minimum absolute atomic E-state index is 0.0395. The summed E-state index contributed by atoms with van der Waals surface area (Å²) < 4.78 is 6.18. The van der Waals surface area contributed by atoms with Gasteiger partial charge in [0.05, 0.1) is 17.3 Å². The topological polar surface area (TPSA) is 94.8 Å². The van der Waals surface area contributed by atoms with Crippen molar-refractivity contribution in [2.45, 2.75) is 19.9 Å². The first-order valence-corrected chi connectivity index (χ1v) is 9.97. The number of ether oxygens (including phenoxy) is 1. The van der Waals surface area contributed by atoms with Crippen molar-refractivity contribution in [3.8, 4) is 17.1 Å². The zero-order valence-corrected chi connectivity index (χ0v) is 17.1. The molecule has 0 saturated heterocycles. The second-order valence-electron chi connectivity index (χ2n) is 6.83. The average Bonchev–Trinajstić information content (AvgIpc) is 3.34. The quantitative estimate of drug-likeness (QED) is 0.521. The summed E-state index contributed by atoms with van der Waals surface area (Å²) in [7, 11) is 1.62. The molecule has 29 heavy (non-hydrogen) atoms. The number of rotatable bonds is 6. The minimum Gasteiger partial charge on any atom is -0.497 e. The Hall–Kier alpha value is -3.33. The number of tetrazole rings is 1. The molecular weight excluding hydrogens is 388 g/mol. The number of thiazole rings is 1. The average molecular weight is 408 g/mol. The highest BCUT2D eigenvalue weighted by molar-refractivity contribution is 7.22. The van der Waals surface area contributed by atoms with Crippen molar-refractivity contribution in [2.24, 2.45) is 5.92 Å². The number of nitrogens with zero attached hydrogens (tertiary/aromatic N) is 5. The van der Waals surface area contributed by atoms with Gasteiger partial charge < -0.3 is 4.74 Å². The summed E-state index contributed by atoms with van der Waals surface area (Å²) in [5, 5.41) is 16.1. The molecule has 0 fully saturated rings. The predicted molar refractivity (Wildman–Crippen MR) is 112 cm³/mol. The molecule has 1 unspecified atom stereocenters. The Bertz CT molecular complexity index is 1140. The summed E-state index contributed by atoms with van der Waals surface area (Å²) in [6, 6.07) is 14.5. The Morgan fingerprint density at radius 1 is 1.17 bits per heavy atom. The number of carbonyl (C=O) groups is 1.